The lowest BCUT2D eigenvalue weighted by Gasteiger charge is -2.09. The molecule has 0 aliphatic carbocycles. The van der Waals surface area contributed by atoms with Crippen molar-refractivity contribution in [2.75, 3.05) is 12.3 Å². The number of amides is 1. The summed E-state index contributed by atoms with van der Waals surface area (Å²) >= 11 is 5.75. The van der Waals surface area contributed by atoms with Crippen molar-refractivity contribution < 1.29 is 14.3 Å². The molecule has 6 heteroatoms. The summed E-state index contributed by atoms with van der Waals surface area (Å²) in [7, 11) is 0. The highest BCUT2D eigenvalue weighted by Gasteiger charge is 2.14. The molecule has 0 spiro atoms. The number of rotatable bonds is 4. The lowest BCUT2D eigenvalue weighted by Crippen LogP contribution is -2.25. The van der Waals surface area contributed by atoms with Crippen LogP contribution >= 0.6 is 11.6 Å². The zero-order valence-electron chi connectivity index (χ0n) is 9.27. The average molecular weight is 257 g/mol. The second kappa shape index (κ2) is 5.54. The first-order valence-electron chi connectivity index (χ1n) is 4.92. The Kier molecular flexibility index (Phi) is 4.34. The van der Waals surface area contributed by atoms with Crippen LogP contribution in [0.15, 0.2) is 18.2 Å². The molecule has 0 bridgehead atoms. The normalized spacial score (nSPS) is 11.9. The van der Waals surface area contributed by atoms with Gasteiger partial charge in [-0.1, -0.05) is 18.5 Å². The van der Waals surface area contributed by atoms with Crippen molar-refractivity contribution in [3.8, 4) is 0 Å². The summed E-state index contributed by atoms with van der Waals surface area (Å²) in [5.74, 6) is -1.65. The zero-order chi connectivity index (χ0) is 13.0. The Labute approximate surface area is 104 Å². The van der Waals surface area contributed by atoms with Crippen LogP contribution < -0.4 is 11.5 Å². The summed E-state index contributed by atoms with van der Waals surface area (Å²) in [4.78, 5) is 22.3. The first kappa shape index (κ1) is 13.3. The van der Waals surface area contributed by atoms with E-state index in [0.29, 0.717) is 10.7 Å². The predicted octanol–water partition coefficient (Wildman–Crippen LogP) is 1.20. The van der Waals surface area contributed by atoms with Gasteiger partial charge < -0.3 is 16.2 Å². The fourth-order valence-electron chi connectivity index (χ4n) is 1.10. The molecule has 1 aromatic carbocycles. The Morgan fingerprint density at radius 2 is 2.06 bits per heavy atom. The van der Waals surface area contributed by atoms with E-state index in [1.807, 2.05) is 0 Å². The molecular weight excluding hydrogens is 244 g/mol. The maximum atomic E-state index is 11.6. The van der Waals surface area contributed by atoms with E-state index < -0.39 is 17.8 Å². The number of anilines is 1. The Morgan fingerprint density at radius 1 is 1.41 bits per heavy atom. The molecule has 0 radical (unpaired) electrons. The molecule has 0 aliphatic rings. The Bertz CT molecular complexity index is 428. The van der Waals surface area contributed by atoms with Crippen LogP contribution in [-0.4, -0.2) is 18.5 Å². The minimum absolute atomic E-state index is 0.0689. The minimum Gasteiger partial charge on any atom is -0.461 e. The van der Waals surface area contributed by atoms with Crippen molar-refractivity contribution in [2.45, 2.75) is 6.92 Å². The van der Waals surface area contributed by atoms with Gasteiger partial charge in [0.25, 0.3) is 0 Å². The molecule has 1 amide bonds. The number of carbonyl (C=O) groups is 2. The highest BCUT2D eigenvalue weighted by atomic mass is 35.5. The van der Waals surface area contributed by atoms with Gasteiger partial charge in [-0.3, -0.25) is 4.79 Å². The molecule has 1 unspecified atom stereocenters. The third kappa shape index (κ3) is 3.96. The van der Waals surface area contributed by atoms with Crippen molar-refractivity contribution in [3.05, 3.63) is 28.8 Å². The van der Waals surface area contributed by atoms with Gasteiger partial charge in [0.15, 0.2) is 0 Å². The van der Waals surface area contributed by atoms with Gasteiger partial charge in [-0.15, -0.1) is 0 Å². The van der Waals surface area contributed by atoms with E-state index in [1.165, 1.54) is 18.2 Å². The fourth-order valence-corrected chi connectivity index (χ4v) is 1.34. The molecule has 0 aromatic heterocycles. The van der Waals surface area contributed by atoms with E-state index in [1.54, 1.807) is 6.92 Å². The number of esters is 1. The summed E-state index contributed by atoms with van der Waals surface area (Å²) in [5.41, 5.74) is 11.2. The second-order valence-corrected chi connectivity index (χ2v) is 4.11. The quantitative estimate of drug-likeness (QED) is 0.625. The Hall–Kier alpha value is -1.75. The van der Waals surface area contributed by atoms with Crippen LogP contribution in [0.3, 0.4) is 0 Å². The van der Waals surface area contributed by atoms with Gasteiger partial charge in [-0.25, -0.2) is 4.79 Å². The van der Waals surface area contributed by atoms with Gasteiger partial charge in [0.05, 0.1) is 11.5 Å². The van der Waals surface area contributed by atoms with Crippen LogP contribution in [0.4, 0.5) is 5.69 Å². The number of primary amides is 1. The Morgan fingerprint density at radius 3 is 2.59 bits per heavy atom. The summed E-state index contributed by atoms with van der Waals surface area (Å²) in [5, 5.41) is 0.347. The maximum Gasteiger partial charge on any atom is 0.338 e. The molecule has 4 N–H and O–H groups in total. The summed E-state index contributed by atoms with van der Waals surface area (Å²) in [6.45, 7) is 1.50. The first-order valence-corrected chi connectivity index (χ1v) is 5.30. The molecular formula is C11H13ClN2O3. The Balaban J connectivity index is 2.67. The zero-order valence-corrected chi connectivity index (χ0v) is 10.0. The van der Waals surface area contributed by atoms with E-state index in [-0.39, 0.29) is 12.2 Å². The van der Waals surface area contributed by atoms with Crippen molar-refractivity contribution in [1.82, 2.24) is 0 Å². The molecule has 1 atom stereocenters. The number of nitrogens with two attached hydrogens (primary N) is 2. The van der Waals surface area contributed by atoms with Gasteiger partial charge in [-0.05, 0) is 18.2 Å². The van der Waals surface area contributed by atoms with Crippen LogP contribution in [0.1, 0.15) is 17.3 Å². The number of hydrogen-bond donors (Lipinski definition) is 2. The van der Waals surface area contributed by atoms with Gasteiger partial charge in [0.2, 0.25) is 5.91 Å². The largest absolute Gasteiger partial charge is 0.461 e. The topological polar surface area (TPSA) is 95.4 Å². The monoisotopic (exact) mass is 256 g/mol. The third-order valence-electron chi connectivity index (χ3n) is 2.11. The molecule has 92 valence electrons. The number of carbonyl (C=O) groups excluding carboxylic acids is 2. The van der Waals surface area contributed by atoms with Crippen LogP contribution in [0.5, 0.6) is 0 Å². The second-order valence-electron chi connectivity index (χ2n) is 3.68. The predicted molar refractivity (Wildman–Crippen MR) is 64.5 cm³/mol. The van der Waals surface area contributed by atoms with Crippen molar-refractivity contribution in [3.63, 3.8) is 0 Å². The summed E-state index contributed by atoms with van der Waals surface area (Å²) in [6, 6.07) is 4.41. The molecule has 0 saturated heterocycles. The molecule has 0 fully saturated rings. The lowest BCUT2D eigenvalue weighted by molar-refractivity contribution is -0.122. The highest BCUT2D eigenvalue weighted by molar-refractivity contribution is 6.31. The van der Waals surface area contributed by atoms with Gasteiger partial charge in [-0.2, -0.15) is 0 Å². The number of hydrogen-bond acceptors (Lipinski definition) is 4. The SMILES string of the molecule is CC(COC(=O)c1cc(N)cc(Cl)c1)C(N)=O. The van der Waals surface area contributed by atoms with Crippen LogP contribution in [0, 0.1) is 5.92 Å². The highest BCUT2D eigenvalue weighted by Crippen LogP contribution is 2.17. The van der Waals surface area contributed by atoms with Crippen molar-refractivity contribution in [1.29, 1.82) is 0 Å². The molecule has 0 heterocycles. The fraction of sp³-hybridized carbons (Fsp3) is 0.273. The number of benzene rings is 1. The number of nitrogen functional groups attached to an aromatic ring is 1. The lowest BCUT2D eigenvalue weighted by atomic mass is 10.2. The molecule has 0 saturated carbocycles. The van der Waals surface area contributed by atoms with Crippen LogP contribution in [-0.2, 0) is 9.53 Å². The molecule has 17 heavy (non-hydrogen) atoms. The van der Waals surface area contributed by atoms with E-state index in [2.05, 4.69) is 0 Å². The van der Waals surface area contributed by atoms with Crippen molar-refractivity contribution in [2.24, 2.45) is 11.7 Å². The average Bonchev–Trinajstić information content (AvgIpc) is 2.23. The van der Waals surface area contributed by atoms with E-state index in [4.69, 9.17) is 27.8 Å². The smallest absolute Gasteiger partial charge is 0.338 e. The van der Waals surface area contributed by atoms with Crippen LogP contribution in [0.2, 0.25) is 5.02 Å². The van der Waals surface area contributed by atoms with E-state index >= 15 is 0 Å². The molecule has 0 aliphatic heterocycles. The van der Waals surface area contributed by atoms with Gasteiger partial charge >= 0.3 is 5.97 Å². The molecule has 5 nitrogen and oxygen atoms in total. The third-order valence-corrected chi connectivity index (χ3v) is 2.32. The van der Waals surface area contributed by atoms with Gasteiger partial charge in [0.1, 0.15) is 6.61 Å². The number of ether oxygens (including phenoxy) is 1. The maximum absolute atomic E-state index is 11.6. The van der Waals surface area contributed by atoms with Gasteiger partial charge in [0, 0.05) is 10.7 Å². The van der Waals surface area contributed by atoms with Crippen LogP contribution in [0.25, 0.3) is 0 Å². The minimum atomic E-state index is -0.590. The standard InChI is InChI=1S/C11H13ClN2O3/c1-6(10(14)15)5-17-11(16)7-2-8(12)4-9(13)3-7/h2-4,6H,5,13H2,1H3,(H2,14,15). The molecule has 1 aromatic rings. The summed E-state index contributed by atoms with van der Waals surface area (Å²) < 4.78 is 4.91. The number of halogens is 1. The molecule has 1 rings (SSSR count). The summed E-state index contributed by atoms with van der Waals surface area (Å²) in [6.07, 6.45) is 0. The van der Waals surface area contributed by atoms with E-state index in [0.717, 1.165) is 0 Å². The first-order chi connectivity index (χ1) is 7.90. The van der Waals surface area contributed by atoms with E-state index in [9.17, 15) is 9.59 Å². The van der Waals surface area contributed by atoms with Crippen molar-refractivity contribution >= 4 is 29.2 Å².